The van der Waals surface area contributed by atoms with Gasteiger partial charge in [0.25, 0.3) is 0 Å². The fourth-order valence-electron chi connectivity index (χ4n) is 2.29. The van der Waals surface area contributed by atoms with Crippen LogP contribution in [0.1, 0.15) is 26.7 Å². The first-order valence-corrected chi connectivity index (χ1v) is 5.56. The van der Waals surface area contributed by atoms with Crippen LogP contribution in [0.4, 0.5) is 4.79 Å². The Morgan fingerprint density at radius 2 is 2.19 bits per heavy atom. The summed E-state index contributed by atoms with van der Waals surface area (Å²) < 4.78 is 0. The Morgan fingerprint density at radius 3 is 2.75 bits per heavy atom. The van der Waals surface area contributed by atoms with Gasteiger partial charge in [-0.25, -0.2) is 4.79 Å². The quantitative estimate of drug-likeness (QED) is 0.741. The Labute approximate surface area is 94.3 Å². The van der Waals surface area contributed by atoms with Crippen LogP contribution in [0.3, 0.4) is 0 Å². The number of primary amides is 1. The highest BCUT2D eigenvalue weighted by molar-refractivity contribution is 5.87. The molecule has 2 aliphatic rings. The van der Waals surface area contributed by atoms with Crippen molar-refractivity contribution in [3.8, 4) is 0 Å². The second-order valence-electron chi connectivity index (χ2n) is 4.56. The minimum Gasteiger partial charge on any atom is -0.368 e. The molecule has 2 bridgehead atoms. The third-order valence-corrected chi connectivity index (χ3v) is 2.98. The first kappa shape index (κ1) is 11.2. The van der Waals surface area contributed by atoms with Crippen LogP contribution in [0, 0.1) is 0 Å². The van der Waals surface area contributed by atoms with E-state index in [9.17, 15) is 9.59 Å². The number of carbonyl (C=O) groups excluding carboxylic acids is 2. The molecule has 2 rings (SSSR count). The van der Waals surface area contributed by atoms with Gasteiger partial charge >= 0.3 is 6.03 Å². The molecule has 90 valence electrons. The van der Waals surface area contributed by atoms with E-state index in [1.807, 2.05) is 13.8 Å². The van der Waals surface area contributed by atoms with Crippen LogP contribution in [-0.4, -0.2) is 46.6 Å². The number of nitrogens with two attached hydrogens (primary N) is 1. The van der Waals surface area contributed by atoms with Gasteiger partial charge in [-0.2, -0.15) is 5.06 Å². The van der Waals surface area contributed by atoms with Crippen molar-refractivity contribution >= 4 is 11.9 Å². The molecule has 16 heavy (non-hydrogen) atoms. The summed E-state index contributed by atoms with van der Waals surface area (Å²) in [6, 6.07) is -0.644. The molecule has 2 fully saturated rings. The fourth-order valence-corrected chi connectivity index (χ4v) is 2.29. The Kier molecular flexibility index (Phi) is 2.75. The van der Waals surface area contributed by atoms with Crippen molar-refractivity contribution in [1.82, 2.24) is 9.96 Å². The van der Waals surface area contributed by atoms with Crippen molar-refractivity contribution < 1.29 is 14.4 Å². The molecule has 0 aliphatic carbocycles. The summed E-state index contributed by atoms with van der Waals surface area (Å²) >= 11 is 0. The highest BCUT2D eigenvalue weighted by Gasteiger charge is 2.47. The zero-order chi connectivity index (χ0) is 11.9. The molecule has 6 nitrogen and oxygen atoms in total. The van der Waals surface area contributed by atoms with E-state index in [4.69, 9.17) is 10.6 Å². The SMILES string of the molecule is CC(C)ON1C(=O)N2C[C@H]1CC[C@H]2C(N)=O. The van der Waals surface area contributed by atoms with Gasteiger partial charge in [0.2, 0.25) is 5.91 Å². The normalized spacial score (nSPS) is 29.1. The van der Waals surface area contributed by atoms with E-state index in [-0.39, 0.29) is 18.2 Å². The summed E-state index contributed by atoms with van der Waals surface area (Å²) in [5, 5.41) is 1.40. The van der Waals surface area contributed by atoms with Gasteiger partial charge < -0.3 is 10.6 Å². The van der Waals surface area contributed by atoms with Crippen molar-refractivity contribution in [1.29, 1.82) is 0 Å². The number of fused-ring (bicyclic) bond motifs is 2. The monoisotopic (exact) mass is 227 g/mol. The first-order valence-electron chi connectivity index (χ1n) is 5.56. The number of hydrogen-bond acceptors (Lipinski definition) is 3. The average molecular weight is 227 g/mol. The topological polar surface area (TPSA) is 75.9 Å². The van der Waals surface area contributed by atoms with Gasteiger partial charge in [0, 0.05) is 6.54 Å². The Balaban J connectivity index is 2.13. The van der Waals surface area contributed by atoms with E-state index < -0.39 is 11.9 Å². The second-order valence-corrected chi connectivity index (χ2v) is 4.56. The summed E-state index contributed by atoms with van der Waals surface area (Å²) in [6.07, 6.45) is 1.35. The number of rotatable bonds is 3. The van der Waals surface area contributed by atoms with E-state index in [2.05, 4.69) is 0 Å². The van der Waals surface area contributed by atoms with Crippen LogP contribution in [-0.2, 0) is 9.63 Å². The molecular formula is C10H17N3O3. The van der Waals surface area contributed by atoms with E-state index in [0.717, 1.165) is 6.42 Å². The lowest BCUT2D eigenvalue weighted by Crippen LogP contribution is -2.47. The lowest BCUT2D eigenvalue weighted by molar-refractivity contribution is -0.159. The van der Waals surface area contributed by atoms with Crippen LogP contribution in [0.2, 0.25) is 0 Å². The van der Waals surface area contributed by atoms with Gasteiger partial charge in [0.1, 0.15) is 6.04 Å². The molecular weight excluding hydrogens is 210 g/mol. The minimum atomic E-state index is -0.468. The van der Waals surface area contributed by atoms with Gasteiger partial charge in [0.05, 0.1) is 12.1 Å². The zero-order valence-corrected chi connectivity index (χ0v) is 9.55. The number of hydrogen-bond donors (Lipinski definition) is 1. The third kappa shape index (κ3) is 1.73. The van der Waals surface area contributed by atoms with Crippen LogP contribution >= 0.6 is 0 Å². The Bertz CT molecular complexity index is 318. The predicted octanol–water partition coefficient (Wildman–Crippen LogP) is 0.0803. The average Bonchev–Trinajstić information content (AvgIpc) is 2.43. The molecule has 2 saturated heterocycles. The van der Waals surface area contributed by atoms with Crippen molar-refractivity contribution in [3.05, 3.63) is 0 Å². The van der Waals surface area contributed by atoms with Gasteiger partial charge in [0.15, 0.2) is 0 Å². The van der Waals surface area contributed by atoms with Crippen molar-refractivity contribution in [3.63, 3.8) is 0 Å². The van der Waals surface area contributed by atoms with Gasteiger partial charge in [-0.3, -0.25) is 9.63 Å². The highest BCUT2D eigenvalue weighted by atomic mass is 16.7. The number of urea groups is 1. The largest absolute Gasteiger partial charge is 0.368 e. The molecule has 2 aliphatic heterocycles. The van der Waals surface area contributed by atoms with Crippen molar-refractivity contribution in [2.45, 2.75) is 44.9 Å². The summed E-state index contributed by atoms with van der Waals surface area (Å²) in [4.78, 5) is 30.1. The lowest BCUT2D eigenvalue weighted by Gasteiger charge is -2.27. The molecule has 0 aromatic carbocycles. The van der Waals surface area contributed by atoms with Crippen molar-refractivity contribution in [2.24, 2.45) is 5.73 Å². The van der Waals surface area contributed by atoms with E-state index in [0.29, 0.717) is 13.0 Å². The maximum atomic E-state index is 12.0. The number of amides is 3. The first-order chi connectivity index (χ1) is 7.50. The molecule has 0 saturated carbocycles. The number of nitrogens with zero attached hydrogens (tertiary/aromatic N) is 2. The van der Waals surface area contributed by atoms with Crippen molar-refractivity contribution in [2.75, 3.05) is 6.54 Å². The van der Waals surface area contributed by atoms with Crippen LogP contribution in [0.15, 0.2) is 0 Å². The van der Waals surface area contributed by atoms with Crippen LogP contribution in [0.5, 0.6) is 0 Å². The Hall–Kier alpha value is -1.30. The molecule has 3 amide bonds. The van der Waals surface area contributed by atoms with Gasteiger partial charge in [-0.15, -0.1) is 0 Å². The van der Waals surface area contributed by atoms with Crippen LogP contribution < -0.4 is 5.73 Å². The minimum absolute atomic E-state index is 0.0449. The maximum absolute atomic E-state index is 12.0. The van der Waals surface area contributed by atoms with E-state index in [1.165, 1.54) is 9.96 Å². The predicted molar refractivity (Wildman–Crippen MR) is 56.2 cm³/mol. The second kappa shape index (κ2) is 3.93. The molecule has 2 atom stereocenters. The van der Waals surface area contributed by atoms with E-state index >= 15 is 0 Å². The van der Waals surface area contributed by atoms with E-state index in [1.54, 1.807) is 0 Å². The number of piperidine rings is 1. The van der Waals surface area contributed by atoms with Gasteiger partial charge in [-0.05, 0) is 26.7 Å². The molecule has 0 aromatic rings. The summed E-state index contributed by atoms with van der Waals surface area (Å²) in [5.74, 6) is -0.432. The standard InChI is InChI=1S/C10H17N3O3/c1-6(2)16-13-7-3-4-8(9(11)14)12(5-7)10(13)15/h6-8H,3-5H2,1-2H3,(H2,11,14)/t7-,8+/m1/s1. The molecule has 0 unspecified atom stereocenters. The highest BCUT2D eigenvalue weighted by Crippen LogP contribution is 2.30. The molecule has 6 heteroatoms. The summed E-state index contributed by atoms with van der Waals surface area (Å²) in [7, 11) is 0. The van der Waals surface area contributed by atoms with Gasteiger partial charge in [-0.1, -0.05) is 0 Å². The molecule has 2 heterocycles. The molecule has 0 aromatic heterocycles. The lowest BCUT2D eigenvalue weighted by atomic mass is 10.0. The zero-order valence-electron chi connectivity index (χ0n) is 9.55. The number of hydroxylamine groups is 2. The van der Waals surface area contributed by atoms with Crippen LogP contribution in [0.25, 0.3) is 0 Å². The summed E-state index contributed by atoms with van der Waals surface area (Å²) in [6.45, 7) is 4.28. The summed E-state index contributed by atoms with van der Waals surface area (Å²) in [5.41, 5.74) is 5.27. The smallest absolute Gasteiger partial charge is 0.345 e. The Morgan fingerprint density at radius 1 is 1.50 bits per heavy atom. The molecule has 0 radical (unpaired) electrons. The molecule has 0 spiro atoms. The third-order valence-electron chi connectivity index (χ3n) is 2.98. The number of carbonyl (C=O) groups is 2. The maximum Gasteiger partial charge on any atom is 0.345 e. The molecule has 2 N–H and O–H groups in total. The fraction of sp³-hybridized carbons (Fsp3) is 0.800.